The minimum atomic E-state index is -0.0700. The molecule has 0 radical (unpaired) electrons. The fourth-order valence-electron chi connectivity index (χ4n) is 5.09. The molecular formula is C31H32Cl2N6O3. The summed E-state index contributed by atoms with van der Waals surface area (Å²) in [5.41, 5.74) is 4.22. The number of nitrogens with one attached hydrogen (secondary N) is 2. The van der Waals surface area contributed by atoms with Gasteiger partial charge in [0.1, 0.15) is 17.0 Å². The molecule has 1 aliphatic heterocycles. The van der Waals surface area contributed by atoms with Crippen molar-refractivity contribution in [1.82, 2.24) is 19.9 Å². The molecule has 218 valence electrons. The standard InChI is InChI=1S/C31H32Cl2N6O3/c1-6-21(40)10-19-9-7-8-17(2)28(19)37-31-35-14-20-11-22(25-26(32)23(41-4)12-24(42-5)27(25)33)36-30(29(20)38-31)34-13-18-15-39(3)16-18/h6-9,11-12,14,18H,1,10,13,15-16H2,2-5H3,(H,34,36)(H,35,37,38). The number of rotatable bonds is 11. The number of allylic oxidation sites excluding steroid dienone is 1. The van der Waals surface area contributed by atoms with Crippen LogP contribution in [0.25, 0.3) is 22.2 Å². The number of carbonyl (C=O) groups is 1. The van der Waals surface area contributed by atoms with Gasteiger partial charge in [-0.1, -0.05) is 48.0 Å². The third kappa shape index (κ3) is 5.99. The first-order valence-electron chi connectivity index (χ1n) is 13.4. The van der Waals surface area contributed by atoms with Crippen LogP contribution in [0.5, 0.6) is 11.5 Å². The highest BCUT2D eigenvalue weighted by atomic mass is 35.5. The summed E-state index contributed by atoms with van der Waals surface area (Å²) in [7, 11) is 5.16. The average Bonchev–Trinajstić information content (AvgIpc) is 2.96. The number of halogens is 2. The van der Waals surface area contributed by atoms with Gasteiger partial charge in [0.15, 0.2) is 11.6 Å². The molecule has 0 aliphatic carbocycles. The summed E-state index contributed by atoms with van der Waals surface area (Å²) in [6.07, 6.45) is 3.28. The topological polar surface area (TPSA) is 102 Å². The monoisotopic (exact) mass is 606 g/mol. The molecule has 2 aromatic carbocycles. The summed E-state index contributed by atoms with van der Waals surface area (Å²) in [5, 5.41) is 8.21. The van der Waals surface area contributed by atoms with Gasteiger partial charge in [0.25, 0.3) is 0 Å². The molecule has 0 saturated carbocycles. The molecule has 2 N–H and O–H groups in total. The first-order chi connectivity index (χ1) is 20.2. The first-order valence-corrected chi connectivity index (χ1v) is 14.2. The van der Waals surface area contributed by atoms with Crippen molar-refractivity contribution in [3.05, 3.63) is 70.4 Å². The number of anilines is 3. The van der Waals surface area contributed by atoms with Crippen LogP contribution in [-0.4, -0.2) is 66.5 Å². The lowest BCUT2D eigenvalue weighted by molar-refractivity contribution is -0.114. The van der Waals surface area contributed by atoms with Crippen molar-refractivity contribution in [2.45, 2.75) is 13.3 Å². The van der Waals surface area contributed by atoms with E-state index in [0.717, 1.165) is 41.8 Å². The van der Waals surface area contributed by atoms with Gasteiger partial charge in [-0.3, -0.25) is 4.79 Å². The van der Waals surface area contributed by atoms with E-state index in [4.69, 9.17) is 42.6 Å². The number of hydrogen-bond acceptors (Lipinski definition) is 9. The van der Waals surface area contributed by atoms with Gasteiger partial charge in [0.2, 0.25) is 5.95 Å². The maximum Gasteiger partial charge on any atom is 0.227 e. The minimum Gasteiger partial charge on any atom is -0.495 e. The van der Waals surface area contributed by atoms with Crippen LogP contribution in [0.3, 0.4) is 0 Å². The Morgan fingerprint density at radius 1 is 1.14 bits per heavy atom. The lowest BCUT2D eigenvalue weighted by Gasteiger charge is -2.36. The van der Waals surface area contributed by atoms with E-state index in [-0.39, 0.29) is 12.2 Å². The summed E-state index contributed by atoms with van der Waals surface area (Å²) in [5.74, 6) is 2.20. The normalized spacial score (nSPS) is 13.5. The van der Waals surface area contributed by atoms with Crippen molar-refractivity contribution in [3.8, 4) is 22.8 Å². The highest BCUT2D eigenvalue weighted by Gasteiger charge is 2.25. The van der Waals surface area contributed by atoms with E-state index in [0.29, 0.717) is 56.0 Å². The van der Waals surface area contributed by atoms with E-state index in [2.05, 4.69) is 34.1 Å². The van der Waals surface area contributed by atoms with Crippen LogP contribution in [-0.2, 0) is 11.2 Å². The van der Waals surface area contributed by atoms with Gasteiger partial charge >= 0.3 is 0 Å². The Labute approximate surface area is 254 Å². The van der Waals surface area contributed by atoms with Crippen LogP contribution in [0.4, 0.5) is 17.5 Å². The highest BCUT2D eigenvalue weighted by Crippen LogP contribution is 2.46. The molecule has 1 saturated heterocycles. The van der Waals surface area contributed by atoms with Gasteiger partial charge in [-0.2, -0.15) is 0 Å². The summed E-state index contributed by atoms with van der Waals surface area (Å²) < 4.78 is 11.0. The summed E-state index contributed by atoms with van der Waals surface area (Å²) in [6.45, 7) is 8.28. The summed E-state index contributed by atoms with van der Waals surface area (Å²) in [6, 6.07) is 9.28. The third-order valence-corrected chi connectivity index (χ3v) is 8.03. The molecule has 0 amide bonds. The third-order valence-electron chi connectivity index (χ3n) is 7.28. The van der Waals surface area contributed by atoms with E-state index in [1.807, 2.05) is 31.2 Å². The van der Waals surface area contributed by atoms with Crippen molar-refractivity contribution >= 4 is 57.3 Å². The Balaban J connectivity index is 1.60. The number of hydrogen-bond donors (Lipinski definition) is 2. The van der Waals surface area contributed by atoms with Gasteiger partial charge in [-0.25, -0.2) is 15.0 Å². The van der Waals surface area contributed by atoms with Gasteiger partial charge in [-0.15, -0.1) is 0 Å². The van der Waals surface area contributed by atoms with Crippen LogP contribution >= 0.6 is 23.2 Å². The zero-order valence-electron chi connectivity index (χ0n) is 23.9. The zero-order valence-corrected chi connectivity index (χ0v) is 25.4. The molecule has 0 unspecified atom stereocenters. The van der Waals surface area contributed by atoms with E-state index in [1.165, 1.54) is 20.3 Å². The fourth-order valence-corrected chi connectivity index (χ4v) is 5.78. The fraction of sp³-hybridized carbons (Fsp3) is 0.290. The SMILES string of the molecule is C=CC(=O)Cc1cccc(C)c1Nc1ncc2cc(-c3c(Cl)c(OC)cc(OC)c3Cl)nc(NCC3CN(C)C3)c2n1. The molecule has 0 atom stereocenters. The minimum absolute atomic E-state index is 0.0700. The van der Waals surface area contributed by atoms with E-state index in [1.54, 1.807) is 12.3 Å². The predicted molar refractivity (Wildman–Crippen MR) is 169 cm³/mol. The number of benzene rings is 2. The molecule has 1 aliphatic rings. The number of ether oxygens (including phenoxy) is 2. The Bertz CT molecular complexity index is 1640. The second-order valence-electron chi connectivity index (χ2n) is 10.3. The van der Waals surface area contributed by atoms with Crippen LogP contribution in [0.2, 0.25) is 10.0 Å². The number of para-hydroxylation sites is 1. The molecule has 42 heavy (non-hydrogen) atoms. The van der Waals surface area contributed by atoms with Crippen molar-refractivity contribution < 1.29 is 14.3 Å². The number of methoxy groups -OCH3 is 2. The largest absolute Gasteiger partial charge is 0.495 e. The van der Waals surface area contributed by atoms with E-state index >= 15 is 0 Å². The van der Waals surface area contributed by atoms with Gasteiger partial charge in [0, 0.05) is 60.9 Å². The van der Waals surface area contributed by atoms with E-state index < -0.39 is 0 Å². The van der Waals surface area contributed by atoms with Crippen LogP contribution in [0.1, 0.15) is 11.1 Å². The van der Waals surface area contributed by atoms with E-state index in [9.17, 15) is 4.79 Å². The predicted octanol–water partition coefficient (Wildman–Crippen LogP) is 6.34. The maximum atomic E-state index is 12.1. The Kier molecular flexibility index (Phi) is 8.82. The van der Waals surface area contributed by atoms with Crippen molar-refractivity contribution in [3.63, 3.8) is 0 Å². The second kappa shape index (κ2) is 12.5. The number of fused-ring (bicyclic) bond motifs is 1. The number of nitrogens with zero attached hydrogens (tertiary/aromatic N) is 4. The van der Waals surface area contributed by atoms with Gasteiger partial charge in [-0.05, 0) is 37.2 Å². The number of aryl methyl sites for hydroxylation is 1. The molecule has 11 heteroatoms. The maximum absolute atomic E-state index is 12.1. The Morgan fingerprint density at radius 3 is 2.50 bits per heavy atom. The zero-order chi connectivity index (χ0) is 30.0. The highest BCUT2D eigenvalue weighted by molar-refractivity contribution is 6.41. The van der Waals surface area contributed by atoms with Crippen molar-refractivity contribution in [2.75, 3.05) is 51.5 Å². The molecule has 5 rings (SSSR count). The Hall–Kier alpha value is -3.92. The van der Waals surface area contributed by atoms with Crippen LogP contribution in [0.15, 0.2) is 49.2 Å². The summed E-state index contributed by atoms with van der Waals surface area (Å²) in [4.78, 5) is 28.8. The average molecular weight is 608 g/mol. The second-order valence-corrected chi connectivity index (χ2v) is 11.1. The smallest absolute Gasteiger partial charge is 0.227 e. The number of aromatic nitrogens is 3. The van der Waals surface area contributed by atoms with Gasteiger partial charge in [0.05, 0.1) is 30.0 Å². The molecular weight excluding hydrogens is 575 g/mol. The quantitative estimate of drug-likeness (QED) is 0.189. The molecule has 2 aromatic heterocycles. The first kappa shape index (κ1) is 29.6. The number of pyridine rings is 1. The van der Waals surface area contributed by atoms with Crippen LogP contribution < -0.4 is 20.1 Å². The Morgan fingerprint density at radius 2 is 1.86 bits per heavy atom. The number of carbonyl (C=O) groups excluding carboxylic acids is 1. The lowest BCUT2D eigenvalue weighted by atomic mass is 10.0. The summed E-state index contributed by atoms with van der Waals surface area (Å²) >= 11 is 13.5. The van der Waals surface area contributed by atoms with Gasteiger partial charge < -0.3 is 25.0 Å². The van der Waals surface area contributed by atoms with Crippen molar-refractivity contribution in [1.29, 1.82) is 0 Å². The number of likely N-dealkylation sites (tertiary alicyclic amines) is 1. The molecule has 0 bridgehead atoms. The van der Waals surface area contributed by atoms with Crippen LogP contribution in [0, 0.1) is 12.8 Å². The van der Waals surface area contributed by atoms with Crippen molar-refractivity contribution in [2.24, 2.45) is 5.92 Å². The molecule has 9 nitrogen and oxygen atoms in total. The molecule has 0 spiro atoms. The number of ketones is 1. The molecule has 4 aromatic rings. The molecule has 3 heterocycles. The lowest BCUT2D eigenvalue weighted by Crippen LogP contribution is -2.46. The molecule has 1 fully saturated rings.